The van der Waals surface area contributed by atoms with Gasteiger partial charge in [-0.2, -0.15) is 0 Å². The predicted octanol–water partition coefficient (Wildman–Crippen LogP) is 2.39. The van der Waals surface area contributed by atoms with Gasteiger partial charge >= 0.3 is 15.1 Å². The van der Waals surface area contributed by atoms with Gasteiger partial charge in [-0.15, -0.1) is 0 Å². The quantitative estimate of drug-likeness (QED) is 0.588. The van der Waals surface area contributed by atoms with E-state index in [9.17, 15) is 4.79 Å². The van der Waals surface area contributed by atoms with Gasteiger partial charge in [-0.1, -0.05) is 34.9 Å². The summed E-state index contributed by atoms with van der Waals surface area (Å²) < 4.78 is 13.2. The fourth-order valence-corrected chi connectivity index (χ4v) is 1.07. The third kappa shape index (κ3) is 6.81. The average Bonchev–Trinajstić information content (AvgIpc) is 2.21. The van der Waals surface area contributed by atoms with Crippen LogP contribution >= 0.6 is 9.12 Å². The molecule has 0 aliphatic rings. The molecule has 0 aromatic heterocycles. The van der Waals surface area contributed by atoms with Gasteiger partial charge < -0.3 is 4.74 Å². The molecule has 0 heterocycles. The maximum absolute atomic E-state index is 11.2. The van der Waals surface area contributed by atoms with Crippen molar-refractivity contribution in [2.24, 2.45) is 0 Å². The van der Waals surface area contributed by atoms with Crippen molar-refractivity contribution in [3.63, 3.8) is 0 Å². The molecule has 0 radical (unpaired) electrons. The summed E-state index contributed by atoms with van der Waals surface area (Å²) in [6.07, 6.45) is 0.329. The number of ether oxygens (including phenoxy) is 1. The van der Waals surface area contributed by atoms with Gasteiger partial charge in [0, 0.05) is 0 Å². The molecule has 0 saturated heterocycles. The Balaban J connectivity index is 0.000000921. The second kappa shape index (κ2) is 8.13. The standard InChI is InChI=1S/C11H14O2.H2OP/c1-9(2)13-11(12)8-10-6-4-3-5-7-10;1-2/h3-7,9H,8H2,1-2H3;2H2/q;+1. The van der Waals surface area contributed by atoms with E-state index in [2.05, 4.69) is 0 Å². The van der Waals surface area contributed by atoms with Crippen molar-refractivity contribution in [1.29, 1.82) is 0 Å². The van der Waals surface area contributed by atoms with Crippen LogP contribution < -0.4 is 0 Å². The molecule has 15 heavy (non-hydrogen) atoms. The summed E-state index contributed by atoms with van der Waals surface area (Å²) in [6, 6.07) is 9.59. The monoisotopic (exact) mass is 227 g/mol. The van der Waals surface area contributed by atoms with Crippen LogP contribution in [0.4, 0.5) is 0 Å². The van der Waals surface area contributed by atoms with E-state index in [0.717, 1.165) is 5.56 Å². The highest BCUT2D eigenvalue weighted by molar-refractivity contribution is 7.00. The average molecular weight is 227 g/mol. The number of hydrogen-bond donors (Lipinski definition) is 0. The Hall–Kier alpha value is -1.21. The first-order valence-corrected chi connectivity index (χ1v) is 5.12. The van der Waals surface area contributed by atoms with Gasteiger partial charge in [-0.05, 0) is 19.4 Å². The molecule has 1 aromatic carbocycles. The summed E-state index contributed by atoms with van der Waals surface area (Å²) in [4.78, 5) is 11.2. The molecule has 1 rings (SSSR count). The normalized spacial score (nSPS) is 9.00. The Morgan fingerprint density at radius 3 is 2.27 bits per heavy atom. The first-order valence-electron chi connectivity index (χ1n) is 4.65. The SMILES string of the molecule is CC(C)OC(=O)Cc1ccccc1.O=[PH2+]. The molecule has 82 valence electrons. The van der Waals surface area contributed by atoms with E-state index in [-0.39, 0.29) is 12.1 Å². The lowest BCUT2D eigenvalue weighted by Crippen LogP contribution is -2.13. The molecule has 0 saturated carbocycles. The highest BCUT2D eigenvalue weighted by atomic mass is 31.0. The number of benzene rings is 1. The van der Waals surface area contributed by atoms with Crippen LogP contribution in [-0.2, 0) is 20.5 Å². The van der Waals surface area contributed by atoms with Gasteiger partial charge in [-0.3, -0.25) is 4.79 Å². The summed E-state index contributed by atoms with van der Waals surface area (Å²) in [5.41, 5.74) is 0.994. The van der Waals surface area contributed by atoms with E-state index in [1.165, 1.54) is 9.12 Å². The minimum atomic E-state index is -0.166. The van der Waals surface area contributed by atoms with Crippen molar-refractivity contribution < 1.29 is 14.1 Å². The maximum Gasteiger partial charge on any atom is 0.310 e. The molecule has 0 fully saturated rings. The molecule has 1 unspecified atom stereocenters. The van der Waals surface area contributed by atoms with Gasteiger partial charge in [0.15, 0.2) is 0 Å². The predicted molar refractivity (Wildman–Crippen MR) is 61.8 cm³/mol. The molecule has 1 aromatic rings. The fourth-order valence-electron chi connectivity index (χ4n) is 1.07. The van der Waals surface area contributed by atoms with Crippen molar-refractivity contribution in [2.75, 3.05) is 0 Å². The summed E-state index contributed by atoms with van der Waals surface area (Å²) in [6.45, 7) is 3.70. The van der Waals surface area contributed by atoms with Crippen LogP contribution in [0, 0.1) is 0 Å². The molecule has 4 heteroatoms. The second-order valence-electron chi connectivity index (χ2n) is 3.20. The Bertz CT molecular complexity index is 285. The molecular weight excluding hydrogens is 211 g/mol. The number of esters is 1. The van der Waals surface area contributed by atoms with Crippen LogP contribution in [0.3, 0.4) is 0 Å². The molecular formula is C11H16O3P+. The van der Waals surface area contributed by atoms with E-state index in [1.807, 2.05) is 44.2 Å². The Morgan fingerprint density at radius 2 is 1.80 bits per heavy atom. The zero-order valence-electron chi connectivity index (χ0n) is 8.97. The molecule has 3 nitrogen and oxygen atoms in total. The van der Waals surface area contributed by atoms with Gasteiger partial charge in [0.1, 0.15) is 0 Å². The number of carbonyl (C=O) groups excluding carboxylic acids is 1. The Labute approximate surface area is 92.1 Å². The number of carbonyl (C=O) groups is 1. The molecule has 0 aliphatic heterocycles. The molecule has 0 aliphatic carbocycles. The molecule has 0 N–H and O–H groups in total. The Kier molecular flexibility index (Phi) is 7.47. The molecule has 0 spiro atoms. The largest absolute Gasteiger partial charge is 0.463 e. The first-order chi connectivity index (χ1) is 7.18. The third-order valence-corrected chi connectivity index (χ3v) is 1.56. The zero-order valence-corrected chi connectivity index (χ0v) is 10.1. The topological polar surface area (TPSA) is 43.4 Å². The minimum absolute atomic E-state index is 0.0313. The van der Waals surface area contributed by atoms with Crippen molar-refractivity contribution in [2.45, 2.75) is 26.4 Å². The van der Waals surface area contributed by atoms with Crippen LogP contribution in [0.1, 0.15) is 19.4 Å². The van der Waals surface area contributed by atoms with Crippen molar-refractivity contribution >= 4 is 15.1 Å². The summed E-state index contributed by atoms with van der Waals surface area (Å²) in [7, 11) is 1.17. The van der Waals surface area contributed by atoms with E-state index in [4.69, 9.17) is 9.30 Å². The molecule has 0 amide bonds. The highest BCUT2D eigenvalue weighted by Crippen LogP contribution is 2.01. The van der Waals surface area contributed by atoms with Crippen LogP contribution in [0.25, 0.3) is 0 Å². The van der Waals surface area contributed by atoms with Crippen molar-refractivity contribution in [3.05, 3.63) is 35.9 Å². The highest BCUT2D eigenvalue weighted by Gasteiger charge is 2.05. The van der Waals surface area contributed by atoms with Gasteiger partial charge in [0.05, 0.1) is 12.5 Å². The van der Waals surface area contributed by atoms with E-state index in [0.29, 0.717) is 6.42 Å². The summed E-state index contributed by atoms with van der Waals surface area (Å²) >= 11 is 0. The first kappa shape index (κ1) is 13.8. The summed E-state index contributed by atoms with van der Waals surface area (Å²) in [5.74, 6) is -0.166. The van der Waals surface area contributed by atoms with E-state index >= 15 is 0 Å². The lowest BCUT2D eigenvalue weighted by molar-refractivity contribution is -0.146. The Morgan fingerprint density at radius 1 is 1.27 bits per heavy atom. The van der Waals surface area contributed by atoms with Gasteiger partial charge in [0.25, 0.3) is 0 Å². The van der Waals surface area contributed by atoms with Crippen LogP contribution in [0.15, 0.2) is 30.3 Å². The van der Waals surface area contributed by atoms with E-state index < -0.39 is 0 Å². The van der Waals surface area contributed by atoms with Crippen LogP contribution in [0.5, 0.6) is 0 Å². The fraction of sp³-hybridized carbons (Fsp3) is 0.364. The maximum atomic E-state index is 11.2. The molecule has 0 bridgehead atoms. The van der Waals surface area contributed by atoms with Crippen molar-refractivity contribution in [3.8, 4) is 0 Å². The lowest BCUT2D eigenvalue weighted by Gasteiger charge is -2.07. The number of hydrogen-bond acceptors (Lipinski definition) is 3. The third-order valence-electron chi connectivity index (χ3n) is 1.56. The molecule has 1 atom stereocenters. The van der Waals surface area contributed by atoms with Crippen LogP contribution in [-0.4, -0.2) is 12.1 Å². The minimum Gasteiger partial charge on any atom is -0.463 e. The van der Waals surface area contributed by atoms with Gasteiger partial charge in [-0.25, -0.2) is 0 Å². The number of rotatable bonds is 3. The smallest absolute Gasteiger partial charge is 0.310 e. The van der Waals surface area contributed by atoms with Crippen molar-refractivity contribution in [1.82, 2.24) is 0 Å². The van der Waals surface area contributed by atoms with Crippen LogP contribution in [0.2, 0.25) is 0 Å². The lowest BCUT2D eigenvalue weighted by atomic mass is 10.2. The second-order valence-corrected chi connectivity index (χ2v) is 3.20. The zero-order chi connectivity index (χ0) is 11.7. The van der Waals surface area contributed by atoms with E-state index in [1.54, 1.807) is 0 Å². The summed E-state index contributed by atoms with van der Waals surface area (Å²) in [5, 5.41) is 0. The van der Waals surface area contributed by atoms with Gasteiger partial charge in [0.2, 0.25) is 0 Å².